The van der Waals surface area contributed by atoms with Gasteiger partial charge in [0.1, 0.15) is 5.75 Å². The Hall–Kier alpha value is -1.81. The molecule has 1 atom stereocenters. The van der Waals surface area contributed by atoms with E-state index in [2.05, 4.69) is 15.9 Å². The standard InChI is InChI=1S/C17H17BrO3/c1-20-15-9-3-12(4-10-15)11-16(17(19)21-2)13-5-7-14(18)8-6-13/h3-10,16H,11H2,1-2H3. The summed E-state index contributed by atoms with van der Waals surface area (Å²) >= 11 is 3.40. The van der Waals surface area contributed by atoms with E-state index >= 15 is 0 Å². The van der Waals surface area contributed by atoms with Crippen LogP contribution in [-0.4, -0.2) is 20.2 Å². The first-order valence-electron chi connectivity index (χ1n) is 6.60. The topological polar surface area (TPSA) is 35.5 Å². The van der Waals surface area contributed by atoms with Gasteiger partial charge in [0.15, 0.2) is 0 Å². The van der Waals surface area contributed by atoms with Crippen LogP contribution in [0.15, 0.2) is 53.0 Å². The molecule has 21 heavy (non-hydrogen) atoms. The van der Waals surface area contributed by atoms with Crippen molar-refractivity contribution in [2.45, 2.75) is 12.3 Å². The number of esters is 1. The molecule has 0 aliphatic rings. The summed E-state index contributed by atoms with van der Waals surface area (Å²) in [6.07, 6.45) is 0.596. The lowest BCUT2D eigenvalue weighted by molar-refractivity contribution is -0.142. The van der Waals surface area contributed by atoms with Crippen molar-refractivity contribution in [1.82, 2.24) is 0 Å². The van der Waals surface area contributed by atoms with Crippen LogP contribution in [0.3, 0.4) is 0 Å². The van der Waals surface area contributed by atoms with E-state index in [4.69, 9.17) is 9.47 Å². The average Bonchev–Trinajstić information content (AvgIpc) is 2.53. The van der Waals surface area contributed by atoms with Crippen LogP contribution in [0.1, 0.15) is 17.0 Å². The summed E-state index contributed by atoms with van der Waals surface area (Å²) in [5, 5.41) is 0. The van der Waals surface area contributed by atoms with E-state index in [0.717, 1.165) is 21.3 Å². The molecule has 2 rings (SSSR count). The second-order valence-electron chi connectivity index (χ2n) is 4.68. The van der Waals surface area contributed by atoms with Gasteiger partial charge in [0, 0.05) is 4.47 Å². The molecule has 0 radical (unpaired) electrons. The molecule has 2 aromatic carbocycles. The van der Waals surface area contributed by atoms with Crippen molar-refractivity contribution in [1.29, 1.82) is 0 Å². The molecule has 0 aliphatic carbocycles. The van der Waals surface area contributed by atoms with Crippen LogP contribution in [0.2, 0.25) is 0 Å². The number of methoxy groups -OCH3 is 2. The summed E-state index contributed by atoms with van der Waals surface area (Å²) in [5.74, 6) is 0.265. The van der Waals surface area contributed by atoms with Crippen LogP contribution < -0.4 is 4.74 Å². The van der Waals surface area contributed by atoms with Crippen molar-refractivity contribution in [2.75, 3.05) is 14.2 Å². The first kappa shape index (κ1) is 15.6. The molecule has 0 bridgehead atoms. The zero-order valence-corrected chi connectivity index (χ0v) is 13.6. The van der Waals surface area contributed by atoms with Crippen LogP contribution >= 0.6 is 15.9 Å². The summed E-state index contributed by atoms with van der Waals surface area (Å²) < 4.78 is 11.1. The van der Waals surface area contributed by atoms with Crippen molar-refractivity contribution >= 4 is 21.9 Å². The highest BCUT2D eigenvalue weighted by Crippen LogP contribution is 2.25. The number of hydrogen-bond acceptors (Lipinski definition) is 3. The molecular formula is C17H17BrO3. The Morgan fingerprint density at radius 3 is 2.19 bits per heavy atom. The van der Waals surface area contributed by atoms with Gasteiger partial charge in [-0.3, -0.25) is 4.79 Å². The Morgan fingerprint density at radius 2 is 1.67 bits per heavy atom. The largest absolute Gasteiger partial charge is 0.497 e. The maximum Gasteiger partial charge on any atom is 0.313 e. The molecule has 0 aliphatic heterocycles. The van der Waals surface area contributed by atoms with Crippen molar-refractivity contribution in [3.63, 3.8) is 0 Å². The van der Waals surface area contributed by atoms with E-state index < -0.39 is 0 Å². The molecule has 3 nitrogen and oxygen atoms in total. The fourth-order valence-corrected chi connectivity index (χ4v) is 2.44. The molecule has 2 aromatic rings. The summed E-state index contributed by atoms with van der Waals surface area (Å²) in [7, 11) is 3.05. The summed E-state index contributed by atoms with van der Waals surface area (Å²) in [6.45, 7) is 0. The molecule has 0 spiro atoms. The second kappa shape index (κ2) is 7.27. The van der Waals surface area contributed by atoms with Crippen molar-refractivity contribution in [3.05, 3.63) is 64.1 Å². The lowest BCUT2D eigenvalue weighted by Gasteiger charge is -2.15. The monoisotopic (exact) mass is 348 g/mol. The van der Waals surface area contributed by atoms with Crippen LogP contribution in [0, 0.1) is 0 Å². The van der Waals surface area contributed by atoms with Gasteiger partial charge in [-0.15, -0.1) is 0 Å². The summed E-state index contributed by atoms with van der Waals surface area (Å²) in [4.78, 5) is 12.1. The number of hydrogen-bond donors (Lipinski definition) is 0. The molecule has 0 saturated heterocycles. The highest BCUT2D eigenvalue weighted by atomic mass is 79.9. The highest BCUT2D eigenvalue weighted by molar-refractivity contribution is 9.10. The Morgan fingerprint density at radius 1 is 1.05 bits per heavy atom. The number of rotatable bonds is 5. The van der Waals surface area contributed by atoms with E-state index in [1.807, 2.05) is 48.5 Å². The Bertz CT molecular complexity index is 590. The Balaban J connectivity index is 2.23. The number of carbonyl (C=O) groups is 1. The smallest absolute Gasteiger partial charge is 0.313 e. The Kier molecular flexibility index (Phi) is 5.39. The van der Waals surface area contributed by atoms with Gasteiger partial charge in [0.05, 0.1) is 20.1 Å². The zero-order chi connectivity index (χ0) is 15.2. The van der Waals surface area contributed by atoms with Crippen LogP contribution in [0.4, 0.5) is 0 Å². The van der Waals surface area contributed by atoms with Gasteiger partial charge in [0.2, 0.25) is 0 Å². The number of carbonyl (C=O) groups excluding carboxylic acids is 1. The summed E-state index contributed by atoms with van der Waals surface area (Å²) in [5.41, 5.74) is 2.01. The van der Waals surface area contributed by atoms with E-state index in [1.165, 1.54) is 7.11 Å². The molecule has 0 amide bonds. The van der Waals surface area contributed by atoms with Gasteiger partial charge < -0.3 is 9.47 Å². The molecule has 0 aromatic heterocycles. The fraction of sp³-hybridized carbons (Fsp3) is 0.235. The quantitative estimate of drug-likeness (QED) is 0.767. The predicted octanol–water partition coefficient (Wildman–Crippen LogP) is 3.96. The van der Waals surface area contributed by atoms with Gasteiger partial charge in [0.25, 0.3) is 0 Å². The maximum atomic E-state index is 12.1. The maximum absolute atomic E-state index is 12.1. The van der Waals surface area contributed by atoms with Gasteiger partial charge >= 0.3 is 5.97 Å². The normalized spacial score (nSPS) is 11.8. The van der Waals surface area contributed by atoms with Crippen LogP contribution in [-0.2, 0) is 16.0 Å². The van der Waals surface area contributed by atoms with Gasteiger partial charge in [-0.1, -0.05) is 40.2 Å². The molecule has 0 heterocycles. The third-order valence-electron chi connectivity index (χ3n) is 3.36. The van der Waals surface area contributed by atoms with E-state index in [0.29, 0.717) is 6.42 Å². The SMILES string of the molecule is COC(=O)C(Cc1ccc(OC)cc1)c1ccc(Br)cc1. The van der Waals surface area contributed by atoms with Gasteiger partial charge in [-0.05, 0) is 41.8 Å². The predicted molar refractivity (Wildman–Crippen MR) is 85.6 cm³/mol. The minimum absolute atomic E-state index is 0.229. The van der Waals surface area contributed by atoms with Crippen molar-refractivity contribution in [3.8, 4) is 5.75 Å². The van der Waals surface area contributed by atoms with Gasteiger partial charge in [-0.2, -0.15) is 0 Å². The van der Waals surface area contributed by atoms with Crippen molar-refractivity contribution < 1.29 is 14.3 Å². The molecule has 0 N–H and O–H groups in total. The number of benzene rings is 2. The van der Waals surface area contributed by atoms with E-state index in [-0.39, 0.29) is 11.9 Å². The molecule has 0 saturated carbocycles. The first-order chi connectivity index (χ1) is 10.1. The third kappa shape index (κ3) is 4.08. The molecular weight excluding hydrogens is 332 g/mol. The minimum Gasteiger partial charge on any atom is -0.497 e. The molecule has 4 heteroatoms. The lowest BCUT2D eigenvalue weighted by Crippen LogP contribution is -2.16. The second-order valence-corrected chi connectivity index (χ2v) is 5.60. The highest BCUT2D eigenvalue weighted by Gasteiger charge is 2.21. The number of halogens is 1. The van der Waals surface area contributed by atoms with Gasteiger partial charge in [-0.25, -0.2) is 0 Å². The van der Waals surface area contributed by atoms with Crippen LogP contribution in [0.5, 0.6) is 5.75 Å². The van der Waals surface area contributed by atoms with E-state index in [9.17, 15) is 4.79 Å². The Labute approximate surface area is 133 Å². The molecule has 110 valence electrons. The minimum atomic E-state index is -0.309. The number of ether oxygens (including phenoxy) is 2. The average molecular weight is 349 g/mol. The summed E-state index contributed by atoms with van der Waals surface area (Å²) in [6, 6.07) is 15.5. The van der Waals surface area contributed by atoms with Crippen molar-refractivity contribution in [2.24, 2.45) is 0 Å². The molecule has 1 unspecified atom stereocenters. The molecule has 0 fully saturated rings. The van der Waals surface area contributed by atoms with Crippen LogP contribution in [0.25, 0.3) is 0 Å². The fourth-order valence-electron chi connectivity index (χ4n) is 2.17. The lowest BCUT2D eigenvalue weighted by atomic mass is 9.92. The third-order valence-corrected chi connectivity index (χ3v) is 3.89. The zero-order valence-electron chi connectivity index (χ0n) is 12.0. The first-order valence-corrected chi connectivity index (χ1v) is 7.39. The van der Waals surface area contributed by atoms with E-state index in [1.54, 1.807) is 7.11 Å².